The molecule has 0 aliphatic carbocycles. The molecule has 0 aromatic heterocycles. The second kappa shape index (κ2) is 8.32. The lowest BCUT2D eigenvalue weighted by molar-refractivity contribution is -0.117. The van der Waals surface area contributed by atoms with E-state index in [9.17, 15) is 4.79 Å². The molecule has 21 heavy (non-hydrogen) atoms. The van der Waals surface area contributed by atoms with Gasteiger partial charge in [-0.2, -0.15) is 0 Å². The number of amides is 1. The SMILES string of the molecule is C=C/C=C(\C(=C)Br)C(=O)NCc1ccc(OC)c(OC)c1. The van der Waals surface area contributed by atoms with Crippen molar-refractivity contribution in [3.8, 4) is 11.5 Å². The molecule has 0 aliphatic rings. The van der Waals surface area contributed by atoms with E-state index < -0.39 is 0 Å². The molecule has 5 heteroatoms. The predicted molar refractivity (Wildman–Crippen MR) is 87.7 cm³/mol. The summed E-state index contributed by atoms with van der Waals surface area (Å²) < 4.78 is 10.9. The van der Waals surface area contributed by atoms with Gasteiger partial charge in [-0.3, -0.25) is 4.79 Å². The first-order valence-corrected chi connectivity index (χ1v) is 6.99. The van der Waals surface area contributed by atoms with Crippen LogP contribution in [0.4, 0.5) is 0 Å². The summed E-state index contributed by atoms with van der Waals surface area (Å²) in [5, 5.41) is 2.81. The Hall–Kier alpha value is -2.01. The van der Waals surface area contributed by atoms with Crippen LogP contribution >= 0.6 is 15.9 Å². The smallest absolute Gasteiger partial charge is 0.252 e. The molecule has 1 aromatic carbocycles. The molecule has 112 valence electrons. The molecule has 1 aromatic rings. The average molecular weight is 352 g/mol. The maximum absolute atomic E-state index is 12.1. The van der Waals surface area contributed by atoms with Crippen molar-refractivity contribution >= 4 is 21.8 Å². The summed E-state index contributed by atoms with van der Waals surface area (Å²) in [7, 11) is 3.15. The van der Waals surface area contributed by atoms with Crippen molar-refractivity contribution in [2.45, 2.75) is 6.54 Å². The number of benzene rings is 1. The van der Waals surface area contributed by atoms with E-state index in [2.05, 4.69) is 34.4 Å². The minimum Gasteiger partial charge on any atom is -0.493 e. The van der Waals surface area contributed by atoms with Crippen LogP contribution in [0.1, 0.15) is 5.56 Å². The van der Waals surface area contributed by atoms with Gasteiger partial charge < -0.3 is 14.8 Å². The summed E-state index contributed by atoms with van der Waals surface area (Å²) in [6.07, 6.45) is 3.14. The number of hydrogen-bond donors (Lipinski definition) is 1. The lowest BCUT2D eigenvalue weighted by Crippen LogP contribution is -2.24. The Balaban J connectivity index is 2.79. The van der Waals surface area contributed by atoms with Crippen molar-refractivity contribution in [2.75, 3.05) is 14.2 Å². The van der Waals surface area contributed by atoms with Gasteiger partial charge in [0.05, 0.1) is 19.8 Å². The summed E-state index contributed by atoms with van der Waals surface area (Å²) in [4.78, 5) is 12.1. The third-order valence-corrected chi connectivity index (χ3v) is 3.15. The summed E-state index contributed by atoms with van der Waals surface area (Å²) in [6.45, 7) is 7.65. The van der Waals surface area contributed by atoms with Crippen LogP contribution in [0.15, 0.2) is 53.6 Å². The second-order valence-electron chi connectivity index (χ2n) is 4.09. The highest BCUT2D eigenvalue weighted by Gasteiger charge is 2.11. The van der Waals surface area contributed by atoms with Crippen molar-refractivity contribution in [3.05, 3.63) is 59.1 Å². The average Bonchev–Trinajstić information content (AvgIpc) is 2.49. The lowest BCUT2D eigenvalue weighted by atomic mass is 10.2. The summed E-state index contributed by atoms with van der Waals surface area (Å²) >= 11 is 3.20. The molecule has 1 N–H and O–H groups in total. The largest absolute Gasteiger partial charge is 0.493 e. The van der Waals surface area contributed by atoms with E-state index in [0.717, 1.165) is 5.56 Å². The number of hydrogen-bond acceptors (Lipinski definition) is 3. The Bertz CT molecular complexity index is 579. The van der Waals surface area contributed by atoms with Gasteiger partial charge >= 0.3 is 0 Å². The highest BCUT2D eigenvalue weighted by molar-refractivity contribution is 9.12. The molecule has 1 rings (SSSR count). The fourth-order valence-corrected chi connectivity index (χ4v) is 1.99. The zero-order chi connectivity index (χ0) is 15.8. The molecular formula is C16H18BrNO3. The third-order valence-electron chi connectivity index (χ3n) is 2.72. The maximum atomic E-state index is 12.1. The first kappa shape index (κ1) is 17.0. The zero-order valence-corrected chi connectivity index (χ0v) is 13.7. The molecule has 0 bridgehead atoms. The fraction of sp³-hybridized carbons (Fsp3) is 0.188. The van der Waals surface area contributed by atoms with Crippen molar-refractivity contribution in [2.24, 2.45) is 0 Å². The molecule has 4 nitrogen and oxygen atoms in total. The highest BCUT2D eigenvalue weighted by atomic mass is 79.9. The van der Waals surface area contributed by atoms with Crippen LogP contribution in [-0.4, -0.2) is 20.1 Å². The van der Waals surface area contributed by atoms with Gasteiger partial charge in [0, 0.05) is 11.0 Å². The van der Waals surface area contributed by atoms with Crippen LogP contribution < -0.4 is 14.8 Å². The normalized spacial score (nSPS) is 10.7. The van der Waals surface area contributed by atoms with E-state index in [4.69, 9.17) is 9.47 Å². The minimum absolute atomic E-state index is 0.230. The minimum atomic E-state index is -0.230. The van der Waals surface area contributed by atoms with Crippen LogP contribution in [0.5, 0.6) is 11.5 Å². The molecule has 0 unspecified atom stereocenters. The molecule has 0 radical (unpaired) electrons. The Morgan fingerprint density at radius 1 is 1.33 bits per heavy atom. The number of carbonyl (C=O) groups excluding carboxylic acids is 1. The molecular weight excluding hydrogens is 334 g/mol. The Morgan fingerprint density at radius 2 is 2.00 bits per heavy atom. The van der Waals surface area contributed by atoms with Gasteiger partial charge in [-0.15, -0.1) is 0 Å². The van der Waals surface area contributed by atoms with Crippen molar-refractivity contribution in [1.82, 2.24) is 5.32 Å². The van der Waals surface area contributed by atoms with E-state index in [-0.39, 0.29) is 5.91 Å². The van der Waals surface area contributed by atoms with Crippen molar-refractivity contribution in [1.29, 1.82) is 0 Å². The Labute approximate surface area is 133 Å². The molecule has 0 spiro atoms. The summed E-state index contributed by atoms with van der Waals surface area (Å²) in [5.41, 5.74) is 1.34. The van der Waals surface area contributed by atoms with Gasteiger partial charge in [-0.25, -0.2) is 0 Å². The number of nitrogens with one attached hydrogen (secondary N) is 1. The van der Waals surface area contributed by atoms with Gasteiger partial charge in [0.2, 0.25) is 0 Å². The molecule has 0 heterocycles. The van der Waals surface area contributed by atoms with E-state index in [1.807, 2.05) is 12.1 Å². The van der Waals surface area contributed by atoms with Gasteiger partial charge in [-0.05, 0) is 23.8 Å². The van der Waals surface area contributed by atoms with Crippen molar-refractivity contribution in [3.63, 3.8) is 0 Å². The molecule has 0 saturated heterocycles. The highest BCUT2D eigenvalue weighted by Crippen LogP contribution is 2.27. The van der Waals surface area contributed by atoms with Crippen LogP contribution in [-0.2, 0) is 11.3 Å². The number of ether oxygens (including phenoxy) is 2. The second-order valence-corrected chi connectivity index (χ2v) is 5.05. The first-order valence-electron chi connectivity index (χ1n) is 6.20. The first-order chi connectivity index (χ1) is 10.0. The number of allylic oxidation sites excluding steroid dienone is 2. The Kier molecular flexibility index (Phi) is 6.75. The maximum Gasteiger partial charge on any atom is 0.252 e. The number of methoxy groups -OCH3 is 2. The molecule has 0 atom stereocenters. The number of carbonyl (C=O) groups is 1. The van der Waals surface area contributed by atoms with E-state index in [1.165, 1.54) is 6.08 Å². The predicted octanol–water partition coefficient (Wildman–Crippen LogP) is 3.34. The van der Waals surface area contributed by atoms with Crippen molar-refractivity contribution < 1.29 is 14.3 Å². The zero-order valence-electron chi connectivity index (χ0n) is 12.1. The molecule has 1 amide bonds. The lowest BCUT2D eigenvalue weighted by Gasteiger charge is -2.11. The van der Waals surface area contributed by atoms with Gasteiger partial charge in [0.15, 0.2) is 11.5 Å². The van der Waals surface area contributed by atoms with E-state index >= 15 is 0 Å². The summed E-state index contributed by atoms with van der Waals surface area (Å²) in [5.74, 6) is 1.04. The van der Waals surface area contributed by atoms with E-state index in [1.54, 1.807) is 26.4 Å². The van der Waals surface area contributed by atoms with Crippen LogP contribution in [0.25, 0.3) is 0 Å². The summed E-state index contributed by atoms with van der Waals surface area (Å²) in [6, 6.07) is 5.48. The van der Waals surface area contributed by atoms with Gasteiger partial charge in [-0.1, -0.05) is 41.2 Å². The third kappa shape index (κ3) is 4.79. The monoisotopic (exact) mass is 351 g/mol. The topological polar surface area (TPSA) is 47.6 Å². The molecule has 0 aliphatic heterocycles. The van der Waals surface area contributed by atoms with Gasteiger partial charge in [0.1, 0.15) is 0 Å². The van der Waals surface area contributed by atoms with Crippen LogP contribution in [0.3, 0.4) is 0 Å². The van der Waals surface area contributed by atoms with Crippen LogP contribution in [0.2, 0.25) is 0 Å². The van der Waals surface area contributed by atoms with E-state index in [0.29, 0.717) is 28.1 Å². The molecule has 0 fully saturated rings. The Morgan fingerprint density at radius 3 is 2.52 bits per heavy atom. The number of rotatable bonds is 7. The fourth-order valence-electron chi connectivity index (χ4n) is 1.68. The molecule has 0 saturated carbocycles. The quantitative estimate of drug-likeness (QED) is 0.605. The standard InChI is InChI=1S/C16H18BrNO3/c1-5-6-13(11(2)17)16(19)18-10-12-7-8-14(20-3)15(9-12)21-4/h5-9H,1-2,10H2,3-4H3,(H,18,19)/b13-6+. The van der Waals surface area contributed by atoms with Gasteiger partial charge in [0.25, 0.3) is 5.91 Å². The van der Waals surface area contributed by atoms with Crippen LogP contribution in [0, 0.1) is 0 Å². The number of halogens is 1.